The minimum absolute atomic E-state index is 0. The Morgan fingerprint density at radius 3 is 2.62 bits per heavy atom. The molecule has 0 aliphatic heterocycles. The highest BCUT2D eigenvalue weighted by atomic mass is 79.9. The van der Waals surface area contributed by atoms with E-state index in [-0.39, 0.29) is 24.3 Å². The van der Waals surface area contributed by atoms with E-state index in [1.807, 2.05) is 17.5 Å². The molecule has 0 spiro atoms. The van der Waals surface area contributed by atoms with E-state index in [1.54, 1.807) is 12.1 Å². The van der Waals surface area contributed by atoms with Gasteiger partial charge in [0, 0.05) is 14.9 Å². The highest BCUT2D eigenvalue weighted by molar-refractivity contribution is 9.10. The SMILES string of the molecule is Cl.N[C@@H](c1cccs1)c1ccc(Br)cc1F. The van der Waals surface area contributed by atoms with E-state index >= 15 is 0 Å². The number of rotatable bonds is 2. The largest absolute Gasteiger partial charge is 0.320 e. The highest BCUT2D eigenvalue weighted by Crippen LogP contribution is 2.27. The van der Waals surface area contributed by atoms with Gasteiger partial charge in [-0.05, 0) is 23.6 Å². The number of benzene rings is 1. The molecule has 1 heterocycles. The van der Waals surface area contributed by atoms with Crippen LogP contribution in [0.25, 0.3) is 0 Å². The van der Waals surface area contributed by atoms with Crippen LogP contribution >= 0.6 is 39.7 Å². The fraction of sp³-hybridized carbons (Fsp3) is 0.0909. The van der Waals surface area contributed by atoms with E-state index in [2.05, 4.69) is 15.9 Å². The van der Waals surface area contributed by atoms with E-state index in [4.69, 9.17) is 5.73 Å². The third-order valence-corrected chi connectivity index (χ3v) is 3.60. The molecule has 1 atom stereocenters. The van der Waals surface area contributed by atoms with Crippen molar-refractivity contribution in [3.05, 3.63) is 56.4 Å². The summed E-state index contributed by atoms with van der Waals surface area (Å²) in [5.74, 6) is -0.273. The zero-order valence-electron chi connectivity index (χ0n) is 8.19. The molecule has 0 fully saturated rings. The first kappa shape index (κ1) is 13.6. The maximum atomic E-state index is 13.6. The number of hydrogen-bond donors (Lipinski definition) is 1. The van der Waals surface area contributed by atoms with E-state index in [9.17, 15) is 4.39 Å². The van der Waals surface area contributed by atoms with Crippen molar-refractivity contribution < 1.29 is 4.39 Å². The number of thiophene rings is 1. The summed E-state index contributed by atoms with van der Waals surface area (Å²) in [6.07, 6.45) is 0. The van der Waals surface area contributed by atoms with Crippen molar-refractivity contribution in [1.82, 2.24) is 0 Å². The molecule has 0 saturated heterocycles. The minimum atomic E-state index is -0.377. The summed E-state index contributed by atoms with van der Waals surface area (Å²) in [4.78, 5) is 0.969. The summed E-state index contributed by atoms with van der Waals surface area (Å²) < 4.78 is 14.3. The molecule has 0 bridgehead atoms. The average Bonchev–Trinajstić information content (AvgIpc) is 2.69. The van der Waals surface area contributed by atoms with Crippen LogP contribution in [0, 0.1) is 5.82 Å². The Bertz CT molecular complexity index is 461. The summed E-state index contributed by atoms with van der Waals surface area (Å²) in [5, 5.41) is 1.94. The molecular formula is C11H10BrClFNS. The highest BCUT2D eigenvalue weighted by Gasteiger charge is 2.14. The van der Waals surface area contributed by atoms with Crippen LogP contribution < -0.4 is 5.73 Å². The predicted octanol–water partition coefficient (Wildman–Crippen LogP) is 4.12. The fourth-order valence-electron chi connectivity index (χ4n) is 1.38. The molecule has 0 aliphatic carbocycles. The van der Waals surface area contributed by atoms with Gasteiger partial charge in [-0.25, -0.2) is 4.39 Å². The quantitative estimate of drug-likeness (QED) is 0.884. The van der Waals surface area contributed by atoms with Crippen molar-refractivity contribution in [3.8, 4) is 0 Å². The summed E-state index contributed by atoms with van der Waals surface area (Å²) in [7, 11) is 0. The van der Waals surface area contributed by atoms with Crippen LogP contribution in [0.2, 0.25) is 0 Å². The second kappa shape index (κ2) is 5.77. The Labute approximate surface area is 112 Å². The van der Waals surface area contributed by atoms with Crippen LogP contribution in [0.4, 0.5) is 4.39 Å². The molecule has 16 heavy (non-hydrogen) atoms. The van der Waals surface area contributed by atoms with Gasteiger partial charge >= 0.3 is 0 Å². The Balaban J connectivity index is 0.00000128. The summed E-state index contributed by atoms with van der Waals surface area (Å²) in [6.45, 7) is 0. The van der Waals surface area contributed by atoms with Gasteiger partial charge in [-0.3, -0.25) is 0 Å². The summed E-state index contributed by atoms with van der Waals surface area (Å²) in [6, 6.07) is 8.39. The Kier molecular flexibility index (Phi) is 4.92. The molecule has 1 nitrogen and oxygen atoms in total. The van der Waals surface area contributed by atoms with Crippen molar-refractivity contribution in [3.63, 3.8) is 0 Å². The van der Waals surface area contributed by atoms with Crippen molar-refractivity contribution >= 4 is 39.7 Å². The molecule has 2 N–H and O–H groups in total. The molecule has 0 amide bonds. The van der Waals surface area contributed by atoms with Gasteiger partial charge in [0.25, 0.3) is 0 Å². The fourth-order valence-corrected chi connectivity index (χ4v) is 2.45. The first-order valence-corrected chi connectivity index (χ1v) is 6.09. The molecule has 5 heteroatoms. The Morgan fingerprint density at radius 1 is 1.31 bits per heavy atom. The van der Waals surface area contributed by atoms with Crippen molar-refractivity contribution in [2.45, 2.75) is 6.04 Å². The molecule has 0 saturated carbocycles. The molecule has 2 rings (SSSR count). The minimum Gasteiger partial charge on any atom is -0.320 e. The third-order valence-electron chi connectivity index (χ3n) is 2.15. The van der Waals surface area contributed by atoms with Crippen molar-refractivity contribution in [2.24, 2.45) is 5.73 Å². The second-order valence-corrected chi connectivity index (χ2v) is 5.05. The van der Waals surface area contributed by atoms with Crippen molar-refractivity contribution in [1.29, 1.82) is 0 Å². The average molecular weight is 323 g/mol. The first-order chi connectivity index (χ1) is 7.18. The zero-order valence-corrected chi connectivity index (χ0v) is 11.4. The van der Waals surface area contributed by atoms with Crippen LogP contribution in [0.15, 0.2) is 40.2 Å². The standard InChI is InChI=1S/C11H9BrFNS.ClH/c12-7-3-4-8(9(13)6-7)11(14)10-2-1-5-15-10;/h1-6,11H,14H2;1H/t11-;/m1./s1. The smallest absolute Gasteiger partial charge is 0.129 e. The van der Waals surface area contributed by atoms with Crippen LogP contribution in [-0.2, 0) is 0 Å². The topological polar surface area (TPSA) is 26.0 Å². The van der Waals surface area contributed by atoms with Crippen LogP contribution in [0.1, 0.15) is 16.5 Å². The molecule has 2 aromatic rings. The lowest BCUT2D eigenvalue weighted by molar-refractivity contribution is 0.600. The number of halogens is 3. The second-order valence-electron chi connectivity index (χ2n) is 3.16. The lowest BCUT2D eigenvalue weighted by Gasteiger charge is -2.11. The van der Waals surface area contributed by atoms with E-state index in [1.165, 1.54) is 17.4 Å². The number of hydrogen-bond acceptors (Lipinski definition) is 2. The van der Waals surface area contributed by atoms with E-state index in [0.717, 1.165) is 9.35 Å². The van der Waals surface area contributed by atoms with Gasteiger partial charge in [0.05, 0.1) is 6.04 Å². The van der Waals surface area contributed by atoms with E-state index < -0.39 is 0 Å². The Morgan fingerprint density at radius 2 is 2.06 bits per heavy atom. The van der Waals surface area contributed by atoms with Gasteiger partial charge in [0.15, 0.2) is 0 Å². The maximum absolute atomic E-state index is 13.6. The number of nitrogens with two attached hydrogens (primary N) is 1. The van der Waals surface area contributed by atoms with Gasteiger partial charge in [0.1, 0.15) is 5.82 Å². The molecule has 1 aromatic heterocycles. The van der Waals surface area contributed by atoms with Gasteiger partial charge in [-0.2, -0.15) is 0 Å². The molecule has 0 radical (unpaired) electrons. The van der Waals surface area contributed by atoms with E-state index in [0.29, 0.717) is 5.56 Å². The molecular weight excluding hydrogens is 313 g/mol. The molecule has 86 valence electrons. The summed E-state index contributed by atoms with van der Waals surface area (Å²) >= 11 is 4.75. The molecule has 0 unspecified atom stereocenters. The first-order valence-electron chi connectivity index (χ1n) is 4.42. The van der Waals surface area contributed by atoms with Crippen molar-refractivity contribution in [2.75, 3.05) is 0 Å². The predicted molar refractivity (Wildman–Crippen MR) is 71.7 cm³/mol. The molecule has 1 aromatic carbocycles. The summed E-state index contributed by atoms with van der Waals surface area (Å²) in [5.41, 5.74) is 6.50. The van der Waals surface area contributed by atoms with Gasteiger partial charge in [0.2, 0.25) is 0 Å². The van der Waals surface area contributed by atoms with Crippen LogP contribution in [-0.4, -0.2) is 0 Å². The maximum Gasteiger partial charge on any atom is 0.129 e. The van der Waals surface area contributed by atoms with Gasteiger partial charge in [-0.1, -0.05) is 28.1 Å². The zero-order chi connectivity index (χ0) is 10.8. The monoisotopic (exact) mass is 321 g/mol. The van der Waals surface area contributed by atoms with Gasteiger partial charge in [-0.15, -0.1) is 23.7 Å². The van der Waals surface area contributed by atoms with Crippen LogP contribution in [0.3, 0.4) is 0 Å². The normalized spacial score (nSPS) is 11.9. The third kappa shape index (κ3) is 2.83. The van der Waals surface area contributed by atoms with Gasteiger partial charge < -0.3 is 5.73 Å². The van der Waals surface area contributed by atoms with Crippen LogP contribution in [0.5, 0.6) is 0 Å². The Hall–Kier alpha value is -0.420. The lowest BCUT2D eigenvalue weighted by atomic mass is 10.1. The molecule has 0 aliphatic rings. The lowest BCUT2D eigenvalue weighted by Crippen LogP contribution is -2.11.